The zero-order valence-corrected chi connectivity index (χ0v) is 14.2. The topological polar surface area (TPSA) is 63.7 Å². The highest BCUT2D eigenvalue weighted by Crippen LogP contribution is 2.21. The lowest BCUT2D eigenvalue weighted by Crippen LogP contribution is -2.33. The van der Waals surface area contributed by atoms with Crippen molar-refractivity contribution in [2.24, 2.45) is 0 Å². The van der Waals surface area contributed by atoms with Gasteiger partial charge in [-0.25, -0.2) is 4.79 Å². The van der Waals surface area contributed by atoms with Gasteiger partial charge in [-0.2, -0.15) is 0 Å². The summed E-state index contributed by atoms with van der Waals surface area (Å²) in [6.45, 7) is 2.56. The summed E-state index contributed by atoms with van der Waals surface area (Å²) < 4.78 is 4.79. The molecule has 0 unspecified atom stereocenters. The molecule has 2 amide bonds. The first-order valence-corrected chi connectivity index (χ1v) is 7.54. The Kier molecular flexibility index (Phi) is 5.70. The predicted molar refractivity (Wildman–Crippen MR) is 94.0 cm³/mol. The Morgan fingerprint density at radius 3 is 2.12 bits per heavy atom. The van der Waals surface area contributed by atoms with Gasteiger partial charge >= 0.3 is 5.97 Å². The summed E-state index contributed by atoms with van der Waals surface area (Å²) in [5.74, 6) is 4.43. The number of anilines is 1. The molecule has 126 valence electrons. The van der Waals surface area contributed by atoms with Gasteiger partial charge in [0.2, 0.25) is 11.8 Å². The minimum atomic E-state index is -0.591. The molecule has 2 rings (SSSR count). The van der Waals surface area contributed by atoms with Gasteiger partial charge in [0, 0.05) is 25.0 Å². The van der Waals surface area contributed by atoms with Crippen LogP contribution in [-0.2, 0) is 14.3 Å². The molecule has 0 heterocycles. The molecule has 2 aromatic rings. The SMILES string of the molecule is COC(=O)c1cc(N(C(C)=O)C(C)=O)ccc1C#Cc1ccccc1. The Balaban J connectivity index is 2.52. The Morgan fingerprint density at radius 1 is 0.920 bits per heavy atom. The van der Waals surface area contributed by atoms with Crippen molar-refractivity contribution >= 4 is 23.5 Å². The van der Waals surface area contributed by atoms with E-state index in [9.17, 15) is 14.4 Å². The molecule has 0 saturated carbocycles. The molecule has 0 aliphatic carbocycles. The van der Waals surface area contributed by atoms with Gasteiger partial charge in [0.05, 0.1) is 18.4 Å². The molecule has 0 atom stereocenters. The summed E-state index contributed by atoms with van der Waals surface area (Å²) >= 11 is 0. The van der Waals surface area contributed by atoms with E-state index in [-0.39, 0.29) is 5.56 Å². The smallest absolute Gasteiger partial charge is 0.339 e. The largest absolute Gasteiger partial charge is 0.465 e. The van der Waals surface area contributed by atoms with E-state index in [0.717, 1.165) is 10.5 Å². The van der Waals surface area contributed by atoms with Gasteiger partial charge in [-0.1, -0.05) is 30.0 Å². The van der Waals surface area contributed by atoms with Gasteiger partial charge in [0.15, 0.2) is 0 Å². The molecule has 0 bridgehead atoms. The lowest BCUT2D eigenvalue weighted by atomic mass is 10.1. The molecule has 0 radical (unpaired) electrons. The number of methoxy groups -OCH3 is 1. The number of carbonyl (C=O) groups is 3. The van der Waals surface area contributed by atoms with Crippen molar-refractivity contribution < 1.29 is 19.1 Å². The van der Waals surface area contributed by atoms with Crippen LogP contribution in [0.3, 0.4) is 0 Å². The van der Waals surface area contributed by atoms with Crippen LogP contribution in [0.5, 0.6) is 0 Å². The normalized spacial score (nSPS) is 9.56. The summed E-state index contributed by atoms with van der Waals surface area (Å²) in [5, 5.41) is 0. The van der Waals surface area contributed by atoms with Crippen LogP contribution in [0.2, 0.25) is 0 Å². The van der Waals surface area contributed by atoms with Crippen LogP contribution < -0.4 is 4.90 Å². The quantitative estimate of drug-likeness (QED) is 0.625. The monoisotopic (exact) mass is 335 g/mol. The number of ether oxygens (including phenoxy) is 1. The van der Waals surface area contributed by atoms with E-state index >= 15 is 0 Å². The van der Waals surface area contributed by atoms with Gasteiger partial charge < -0.3 is 4.74 Å². The lowest BCUT2D eigenvalue weighted by Gasteiger charge is -2.18. The minimum Gasteiger partial charge on any atom is -0.465 e. The summed E-state index contributed by atoms with van der Waals surface area (Å²) in [5.41, 5.74) is 1.74. The molecular weight excluding hydrogens is 318 g/mol. The minimum absolute atomic E-state index is 0.191. The molecule has 0 saturated heterocycles. The summed E-state index contributed by atoms with van der Waals surface area (Å²) in [6, 6.07) is 13.9. The average molecular weight is 335 g/mol. The average Bonchev–Trinajstić information content (AvgIpc) is 2.60. The van der Waals surface area contributed by atoms with Crippen LogP contribution in [0.15, 0.2) is 48.5 Å². The number of imide groups is 1. The van der Waals surface area contributed by atoms with Gasteiger partial charge in [-0.15, -0.1) is 0 Å². The maximum Gasteiger partial charge on any atom is 0.339 e. The second-order valence-corrected chi connectivity index (χ2v) is 5.21. The van der Waals surface area contributed by atoms with Gasteiger partial charge in [-0.3, -0.25) is 14.5 Å². The Bertz CT molecular complexity index is 862. The molecule has 0 N–H and O–H groups in total. The van der Waals surface area contributed by atoms with Crippen molar-refractivity contribution in [1.29, 1.82) is 0 Å². The summed E-state index contributed by atoms with van der Waals surface area (Å²) in [7, 11) is 1.26. The van der Waals surface area contributed by atoms with Crippen LogP contribution >= 0.6 is 0 Å². The number of nitrogens with zero attached hydrogens (tertiary/aromatic N) is 1. The molecule has 5 nitrogen and oxygen atoms in total. The third-order valence-corrected chi connectivity index (χ3v) is 3.41. The fourth-order valence-electron chi connectivity index (χ4n) is 2.31. The highest BCUT2D eigenvalue weighted by Gasteiger charge is 2.19. The van der Waals surface area contributed by atoms with Crippen molar-refractivity contribution in [2.45, 2.75) is 13.8 Å². The number of hydrogen-bond acceptors (Lipinski definition) is 4. The molecule has 0 fully saturated rings. The van der Waals surface area contributed by atoms with Gasteiger partial charge in [0.25, 0.3) is 0 Å². The molecule has 0 aromatic heterocycles. The second-order valence-electron chi connectivity index (χ2n) is 5.21. The standard InChI is InChI=1S/C20H17NO4/c1-14(22)21(15(2)23)18-12-11-17(19(13-18)20(24)25-3)10-9-16-7-5-4-6-8-16/h4-8,11-13H,1-3H3. The molecule has 2 aromatic carbocycles. The van der Waals surface area contributed by atoms with Crippen LogP contribution in [0.4, 0.5) is 5.69 Å². The Morgan fingerprint density at radius 2 is 1.56 bits per heavy atom. The third kappa shape index (κ3) is 4.33. The Hall–Kier alpha value is -3.39. The second kappa shape index (κ2) is 7.93. The van der Waals surface area contributed by atoms with Crippen LogP contribution in [0.25, 0.3) is 0 Å². The van der Waals surface area contributed by atoms with Crippen molar-refractivity contribution in [3.63, 3.8) is 0 Å². The predicted octanol–water partition coefficient (Wildman–Crippen LogP) is 2.77. The van der Waals surface area contributed by atoms with E-state index in [1.54, 1.807) is 12.1 Å². The van der Waals surface area contributed by atoms with E-state index in [1.807, 2.05) is 30.3 Å². The van der Waals surface area contributed by atoms with E-state index < -0.39 is 17.8 Å². The fraction of sp³-hybridized carbons (Fsp3) is 0.150. The highest BCUT2D eigenvalue weighted by molar-refractivity contribution is 6.13. The molecule has 0 spiro atoms. The summed E-state index contributed by atoms with van der Waals surface area (Å²) in [4.78, 5) is 36.5. The zero-order chi connectivity index (χ0) is 18.4. The number of esters is 1. The van der Waals surface area contributed by atoms with E-state index in [2.05, 4.69) is 11.8 Å². The van der Waals surface area contributed by atoms with Crippen LogP contribution in [-0.4, -0.2) is 24.9 Å². The van der Waals surface area contributed by atoms with Crippen LogP contribution in [0.1, 0.15) is 35.3 Å². The number of hydrogen-bond donors (Lipinski definition) is 0. The molecular formula is C20H17NO4. The third-order valence-electron chi connectivity index (χ3n) is 3.41. The number of benzene rings is 2. The first-order chi connectivity index (χ1) is 11.9. The van der Waals surface area contributed by atoms with Gasteiger partial charge in [0.1, 0.15) is 0 Å². The summed E-state index contributed by atoms with van der Waals surface area (Å²) in [6.07, 6.45) is 0. The van der Waals surface area contributed by atoms with E-state index in [0.29, 0.717) is 11.3 Å². The number of amides is 2. The molecule has 0 aliphatic rings. The first kappa shape index (κ1) is 18.0. The lowest BCUT2D eigenvalue weighted by molar-refractivity contribution is -0.124. The number of rotatable bonds is 2. The Labute approximate surface area is 146 Å². The maximum atomic E-state index is 12.1. The molecule has 25 heavy (non-hydrogen) atoms. The van der Waals surface area contributed by atoms with E-state index in [1.165, 1.54) is 27.0 Å². The molecule has 5 heteroatoms. The van der Waals surface area contributed by atoms with Gasteiger partial charge in [-0.05, 0) is 30.3 Å². The van der Waals surface area contributed by atoms with Crippen molar-refractivity contribution in [3.05, 3.63) is 65.2 Å². The van der Waals surface area contributed by atoms with E-state index in [4.69, 9.17) is 4.74 Å². The van der Waals surface area contributed by atoms with Crippen LogP contribution in [0, 0.1) is 11.8 Å². The maximum absolute atomic E-state index is 12.1. The van der Waals surface area contributed by atoms with Crippen molar-refractivity contribution in [3.8, 4) is 11.8 Å². The zero-order valence-electron chi connectivity index (χ0n) is 14.2. The fourth-order valence-corrected chi connectivity index (χ4v) is 2.31. The number of carbonyl (C=O) groups excluding carboxylic acids is 3. The molecule has 0 aliphatic heterocycles. The van der Waals surface area contributed by atoms with Crippen molar-refractivity contribution in [2.75, 3.05) is 12.0 Å². The first-order valence-electron chi connectivity index (χ1n) is 7.54. The van der Waals surface area contributed by atoms with Crippen molar-refractivity contribution in [1.82, 2.24) is 0 Å². The highest BCUT2D eigenvalue weighted by atomic mass is 16.5.